The van der Waals surface area contributed by atoms with Gasteiger partial charge < -0.3 is 5.32 Å². The van der Waals surface area contributed by atoms with E-state index < -0.39 is 0 Å². The smallest absolute Gasteiger partial charge is 0.255 e. The highest BCUT2D eigenvalue weighted by atomic mass is 35.5. The number of nitrogens with one attached hydrogen (secondary N) is 1. The van der Waals surface area contributed by atoms with Crippen LogP contribution in [0.1, 0.15) is 6.92 Å². The number of aromatic nitrogens is 1. The molecule has 1 N–H and O–H groups in total. The van der Waals surface area contributed by atoms with Gasteiger partial charge in [-0.2, -0.15) is 0 Å². The van der Waals surface area contributed by atoms with E-state index in [0.717, 1.165) is 11.1 Å². The molecule has 3 rings (SSSR count). The van der Waals surface area contributed by atoms with Crippen LogP contribution in [0.4, 0.5) is 5.69 Å². The van der Waals surface area contributed by atoms with E-state index in [-0.39, 0.29) is 11.5 Å². The molecule has 0 radical (unpaired) electrons. The minimum Gasteiger partial charge on any atom is -0.326 e. The van der Waals surface area contributed by atoms with Gasteiger partial charge >= 0.3 is 0 Å². The Morgan fingerprint density at radius 2 is 1.79 bits per heavy atom. The summed E-state index contributed by atoms with van der Waals surface area (Å²) in [5, 5.41) is 3.35. The van der Waals surface area contributed by atoms with Crippen molar-refractivity contribution in [3.8, 4) is 16.8 Å². The molecule has 1 aromatic heterocycles. The van der Waals surface area contributed by atoms with Crippen LogP contribution < -0.4 is 10.9 Å². The lowest BCUT2D eigenvalue weighted by Crippen LogP contribution is -2.16. The lowest BCUT2D eigenvalue weighted by Gasteiger charge is -2.10. The number of nitrogens with zero attached hydrogens (tertiary/aromatic N) is 1. The van der Waals surface area contributed by atoms with Crippen LogP contribution in [0.15, 0.2) is 71.7 Å². The molecule has 4 nitrogen and oxygen atoms in total. The number of hydrogen-bond acceptors (Lipinski definition) is 2. The largest absolute Gasteiger partial charge is 0.326 e. The van der Waals surface area contributed by atoms with Crippen LogP contribution >= 0.6 is 11.6 Å². The first kappa shape index (κ1) is 16.0. The number of halogens is 1. The lowest BCUT2D eigenvalue weighted by molar-refractivity contribution is -0.114. The van der Waals surface area contributed by atoms with Crippen LogP contribution in [-0.2, 0) is 4.79 Å². The second-order valence-electron chi connectivity index (χ2n) is 5.37. The number of benzene rings is 2. The summed E-state index contributed by atoms with van der Waals surface area (Å²) in [6.07, 6.45) is 1.76. The molecule has 1 heterocycles. The summed E-state index contributed by atoms with van der Waals surface area (Å²) in [5.41, 5.74) is 2.97. The molecule has 0 aliphatic rings. The number of amides is 1. The second-order valence-corrected chi connectivity index (χ2v) is 5.80. The van der Waals surface area contributed by atoms with Crippen molar-refractivity contribution in [3.05, 3.63) is 82.2 Å². The van der Waals surface area contributed by atoms with E-state index in [4.69, 9.17) is 11.6 Å². The fraction of sp³-hybridized carbons (Fsp3) is 0.0526. The summed E-state index contributed by atoms with van der Waals surface area (Å²) >= 11 is 6.04. The van der Waals surface area contributed by atoms with Crippen LogP contribution in [0.2, 0.25) is 5.02 Å². The lowest BCUT2D eigenvalue weighted by atomic mass is 10.1. The maximum atomic E-state index is 12.3. The van der Waals surface area contributed by atoms with Gasteiger partial charge in [-0.3, -0.25) is 14.2 Å². The van der Waals surface area contributed by atoms with E-state index in [9.17, 15) is 9.59 Å². The monoisotopic (exact) mass is 338 g/mol. The molecule has 2 aromatic carbocycles. The maximum absolute atomic E-state index is 12.3. The molecule has 1 amide bonds. The molecule has 0 spiro atoms. The summed E-state index contributed by atoms with van der Waals surface area (Å²) in [7, 11) is 0. The van der Waals surface area contributed by atoms with Gasteiger partial charge in [0.2, 0.25) is 5.91 Å². The van der Waals surface area contributed by atoms with Crippen molar-refractivity contribution in [2.75, 3.05) is 5.32 Å². The van der Waals surface area contributed by atoms with E-state index in [1.54, 1.807) is 41.1 Å². The molecule has 5 heteroatoms. The summed E-state index contributed by atoms with van der Waals surface area (Å²) in [4.78, 5) is 23.5. The predicted molar refractivity (Wildman–Crippen MR) is 96.8 cm³/mol. The van der Waals surface area contributed by atoms with Crippen molar-refractivity contribution in [3.63, 3.8) is 0 Å². The Morgan fingerprint density at radius 1 is 1.00 bits per heavy atom. The van der Waals surface area contributed by atoms with Gasteiger partial charge in [-0.25, -0.2) is 0 Å². The third-order valence-corrected chi connectivity index (χ3v) is 3.75. The van der Waals surface area contributed by atoms with Gasteiger partial charge in [0.1, 0.15) is 0 Å². The Kier molecular flexibility index (Phi) is 4.49. The van der Waals surface area contributed by atoms with Gasteiger partial charge in [0.25, 0.3) is 5.56 Å². The van der Waals surface area contributed by atoms with E-state index in [0.29, 0.717) is 16.4 Å². The standard InChI is InChI=1S/C19H15ClN2O2/c1-13(23)21-17-6-3-7-18(11-17)22-12-15(8-9-19(22)24)14-4-2-5-16(20)10-14/h2-12H,1H3,(H,21,23). The molecule has 0 saturated carbocycles. The van der Waals surface area contributed by atoms with Crippen LogP contribution in [0.5, 0.6) is 0 Å². The van der Waals surface area contributed by atoms with E-state index in [1.165, 1.54) is 13.0 Å². The molecule has 3 aromatic rings. The van der Waals surface area contributed by atoms with Crippen molar-refractivity contribution < 1.29 is 4.79 Å². The zero-order valence-corrected chi connectivity index (χ0v) is 13.7. The molecular weight excluding hydrogens is 324 g/mol. The first-order valence-corrected chi connectivity index (χ1v) is 7.77. The highest BCUT2D eigenvalue weighted by Crippen LogP contribution is 2.23. The molecule has 0 saturated heterocycles. The van der Waals surface area contributed by atoms with Crippen molar-refractivity contribution in [2.45, 2.75) is 6.92 Å². The number of anilines is 1. The summed E-state index contributed by atoms with van der Waals surface area (Å²) in [6, 6.07) is 17.9. The summed E-state index contributed by atoms with van der Waals surface area (Å²) in [5.74, 6) is -0.160. The zero-order valence-electron chi connectivity index (χ0n) is 13.0. The predicted octanol–water partition coefficient (Wildman–Crippen LogP) is 4.12. The van der Waals surface area contributed by atoms with Crippen molar-refractivity contribution in [2.24, 2.45) is 0 Å². The Bertz CT molecular complexity index is 963. The number of hydrogen-bond donors (Lipinski definition) is 1. The van der Waals surface area contributed by atoms with Crippen LogP contribution in [0.3, 0.4) is 0 Å². The average Bonchev–Trinajstić information content (AvgIpc) is 2.55. The van der Waals surface area contributed by atoms with E-state index >= 15 is 0 Å². The number of pyridine rings is 1. The SMILES string of the molecule is CC(=O)Nc1cccc(-n2cc(-c3cccc(Cl)c3)ccc2=O)c1. The minimum atomic E-state index is -0.160. The Labute approximate surface area is 144 Å². The summed E-state index contributed by atoms with van der Waals surface area (Å²) < 4.78 is 1.54. The topological polar surface area (TPSA) is 51.1 Å². The number of carbonyl (C=O) groups is 1. The molecule has 0 aliphatic carbocycles. The fourth-order valence-electron chi connectivity index (χ4n) is 2.46. The molecule has 0 aliphatic heterocycles. The van der Waals surface area contributed by atoms with Gasteiger partial charge in [-0.05, 0) is 47.5 Å². The summed E-state index contributed by atoms with van der Waals surface area (Å²) in [6.45, 7) is 1.44. The molecule has 0 fully saturated rings. The fourth-order valence-corrected chi connectivity index (χ4v) is 2.65. The van der Waals surface area contributed by atoms with Crippen molar-refractivity contribution in [1.29, 1.82) is 0 Å². The van der Waals surface area contributed by atoms with Crippen molar-refractivity contribution >= 4 is 23.2 Å². The van der Waals surface area contributed by atoms with Crippen molar-refractivity contribution in [1.82, 2.24) is 4.57 Å². The second kappa shape index (κ2) is 6.72. The highest BCUT2D eigenvalue weighted by Gasteiger charge is 2.05. The van der Waals surface area contributed by atoms with Gasteiger partial charge in [0, 0.05) is 29.9 Å². The number of rotatable bonds is 3. The molecular formula is C19H15ClN2O2. The van der Waals surface area contributed by atoms with E-state index in [1.807, 2.05) is 24.3 Å². The van der Waals surface area contributed by atoms with Gasteiger partial charge in [-0.15, -0.1) is 0 Å². The quantitative estimate of drug-likeness (QED) is 0.781. The normalized spacial score (nSPS) is 10.4. The molecule has 0 atom stereocenters. The maximum Gasteiger partial charge on any atom is 0.255 e. The van der Waals surface area contributed by atoms with Gasteiger partial charge in [-0.1, -0.05) is 29.8 Å². The molecule has 0 bridgehead atoms. The first-order valence-electron chi connectivity index (χ1n) is 7.39. The Morgan fingerprint density at radius 3 is 2.54 bits per heavy atom. The zero-order chi connectivity index (χ0) is 17.1. The van der Waals surface area contributed by atoms with Gasteiger partial charge in [0.05, 0.1) is 5.69 Å². The Balaban J connectivity index is 2.07. The minimum absolute atomic E-state index is 0.152. The van der Waals surface area contributed by atoms with Crippen LogP contribution in [0, 0.1) is 0 Å². The third kappa shape index (κ3) is 3.55. The van der Waals surface area contributed by atoms with Crippen LogP contribution in [-0.4, -0.2) is 10.5 Å². The molecule has 120 valence electrons. The first-order chi connectivity index (χ1) is 11.5. The Hall–Kier alpha value is -2.85. The molecule has 24 heavy (non-hydrogen) atoms. The highest BCUT2D eigenvalue weighted by molar-refractivity contribution is 6.30. The average molecular weight is 339 g/mol. The van der Waals surface area contributed by atoms with Crippen LogP contribution in [0.25, 0.3) is 16.8 Å². The number of carbonyl (C=O) groups excluding carboxylic acids is 1. The van der Waals surface area contributed by atoms with E-state index in [2.05, 4.69) is 5.32 Å². The van der Waals surface area contributed by atoms with Gasteiger partial charge in [0.15, 0.2) is 0 Å². The molecule has 0 unspecified atom stereocenters. The third-order valence-electron chi connectivity index (χ3n) is 3.51.